The summed E-state index contributed by atoms with van der Waals surface area (Å²) in [4.78, 5) is 59.5. The lowest BCUT2D eigenvalue weighted by Crippen LogP contribution is -2.56. The summed E-state index contributed by atoms with van der Waals surface area (Å²) < 4.78 is 0. The summed E-state index contributed by atoms with van der Waals surface area (Å²) in [5.41, 5.74) is 5.38. The Morgan fingerprint density at radius 2 is 1.73 bits per heavy atom. The maximum Gasteiger partial charge on any atom is 0.326 e. The van der Waals surface area contributed by atoms with Gasteiger partial charge in [-0.1, -0.05) is 0 Å². The molecule has 4 atom stereocenters. The van der Waals surface area contributed by atoms with Crippen LogP contribution in [0.3, 0.4) is 0 Å². The lowest BCUT2D eigenvalue weighted by atomic mass is 10.1. The monoisotopic (exact) mass is 372 g/mol. The van der Waals surface area contributed by atoms with E-state index in [1.54, 1.807) is 0 Å². The number of rotatable bonds is 8. The first-order chi connectivity index (χ1) is 12.0. The first-order valence-corrected chi connectivity index (χ1v) is 8.16. The van der Waals surface area contributed by atoms with Gasteiger partial charge >= 0.3 is 11.9 Å². The summed E-state index contributed by atoms with van der Waals surface area (Å²) in [5.74, 6) is -4.61. The predicted molar refractivity (Wildman–Crippen MR) is 87.8 cm³/mol. The summed E-state index contributed by atoms with van der Waals surface area (Å²) in [5, 5.41) is 22.6. The van der Waals surface area contributed by atoms with E-state index < -0.39 is 60.2 Å². The number of nitrogens with two attached hydrogens (primary N) is 1. The Balaban J connectivity index is 2.77. The first kappa shape index (κ1) is 21.4. The van der Waals surface area contributed by atoms with Gasteiger partial charge in [0.15, 0.2) is 0 Å². The maximum atomic E-state index is 12.4. The molecule has 1 aliphatic rings. The van der Waals surface area contributed by atoms with Crippen molar-refractivity contribution in [1.82, 2.24) is 15.5 Å². The number of carboxylic acid groups (broad SMARTS) is 2. The van der Waals surface area contributed by atoms with E-state index in [4.69, 9.17) is 15.9 Å². The van der Waals surface area contributed by atoms with E-state index in [9.17, 15) is 24.0 Å². The third-order valence-electron chi connectivity index (χ3n) is 3.98. The van der Waals surface area contributed by atoms with E-state index in [1.165, 1.54) is 18.7 Å². The molecule has 0 radical (unpaired) electrons. The predicted octanol–water partition coefficient (Wildman–Crippen LogP) is -2.13. The van der Waals surface area contributed by atoms with Gasteiger partial charge in [0.25, 0.3) is 0 Å². The number of carbonyl (C=O) groups is 5. The zero-order valence-electron chi connectivity index (χ0n) is 14.6. The normalized spacial score (nSPS) is 20.0. The minimum absolute atomic E-state index is 0.260. The minimum Gasteiger partial charge on any atom is -0.481 e. The number of hydrogen-bond donors (Lipinski definition) is 5. The molecule has 0 aliphatic carbocycles. The van der Waals surface area contributed by atoms with Crippen LogP contribution in [0, 0.1) is 0 Å². The van der Waals surface area contributed by atoms with Crippen LogP contribution in [0.15, 0.2) is 0 Å². The quantitative estimate of drug-likeness (QED) is 0.320. The van der Waals surface area contributed by atoms with Gasteiger partial charge in [-0.2, -0.15) is 0 Å². The molecule has 0 aromatic heterocycles. The highest BCUT2D eigenvalue weighted by molar-refractivity contribution is 5.95. The molecule has 6 N–H and O–H groups in total. The molecule has 0 bridgehead atoms. The van der Waals surface area contributed by atoms with Gasteiger partial charge in [-0.05, 0) is 26.7 Å². The number of amides is 3. The Hall–Kier alpha value is -2.69. The summed E-state index contributed by atoms with van der Waals surface area (Å²) in [6.45, 7) is 3.00. The zero-order valence-corrected chi connectivity index (χ0v) is 14.6. The molecule has 1 aliphatic heterocycles. The van der Waals surface area contributed by atoms with Crippen LogP contribution in [0.4, 0.5) is 0 Å². The molecule has 4 unspecified atom stereocenters. The third kappa shape index (κ3) is 5.69. The topological polar surface area (TPSA) is 179 Å². The number of nitrogens with one attached hydrogen (secondary N) is 2. The fourth-order valence-electron chi connectivity index (χ4n) is 2.60. The highest BCUT2D eigenvalue weighted by atomic mass is 16.4. The van der Waals surface area contributed by atoms with E-state index >= 15 is 0 Å². The van der Waals surface area contributed by atoms with E-state index in [-0.39, 0.29) is 6.54 Å². The Morgan fingerprint density at radius 1 is 1.12 bits per heavy atom. The number of nitrogens with zero attached hydrogens (tertiary/aromatic N) is 1. The second-order valence-electron chi connectivity index (χ2n) is 6.21. The largest absolute Gasteiger partial charge is 0.481 e. The Kier molecular flexibility index (Phi) is 7.50. The van der Waals surface area contributed by atoms with Crippen molar-refractivity contribution in [3.05, 3.63) is 0 Å². The molecule has 11 heteroatoms. The second-order valence-corrected chi connectivity index (χ2v) is 6.21. The fraction of sp³-hybridized carbons (Fsp3) is 0.667. The Morgan fingerprint density at radius 3 is 2.23 bits per heavy atom. The lowest BCUT2D eigenvalue weighted by Gasteiger charge is -2.26. The van der Waals surface area contributed by atoms with Crippen LogP contribution >= 0.6 is 0 Å². The molecule has 0 spiro atoms. The standard InChI is InChI=1S/C15H24N4O7/c1-7(16)12(22)18-9(6-11(20)21)13(23)17-8(2)14(24)19-5-3-4-10(19)15(25)26/h7-10H,3-6,16H2,1-2H3,(H,17,23)(H,18,22)(H,20,21)(H,25,26). The van der Waals surface area contributed by atoms with Gasteiger partial charge in [0.2, 0.25) is 17.7 Å². The zero-order chi connectivity index (χ0) is 20.0. The highest BCUT2D eigenvalue weighted by Gasteiger charge is 2.37. The third-order valence-corrected chi connectivity index (χ3v) is 3.98. The molecular formula is C15H24N4O7. The Labute approximate surface area is 149 Å². The maximum absolute atomic E-state index is 12.4. The number of hydrogen-bond acceptors (Lipinski definition) is 6. The number of carboxylic acids is 2. The van der Waals surface area contributed by atoms with Crippen molar-refractivity contribution in [2.24, 2.45) is 5.73 Å². The minimum atomic E-state index is -1.41. The number of aliphatic carboxylic acids is 2. The average Bonchev–Trinajstić information content (AvgIpc) is 3.02. The molecule has 0 aromatic rings. The van der Waals surface area contributed by atoms with E-state index in [0.717, 1.165) is 0 Å². The van der Waals surface area contributed by atoms with E-state index in [0.29, 0.717) is 12.8 Å². The molecular weight excluding hydrogens is 348 g/mol. The molecule has 1 saturated heterocycles. The van der Waals surface area contributed by atoms with Crippen molar-refractivity contribution in [3.63, 3.8) is 0 Å². The molecule has 26 heavy (non-hydrogen) atoms. The summed E-state index contributed by atoms with van der Waals surface area (Å²) in [6.07, 6.45) is 0.177. The van der Waals surface area contributed by atoms with Gasteiger partial charge in [0.1, 0.15) is 18.1 Å². The van der Waals surface area contributed by atoms with E-state index in [2.05, 4.69) is 10.6 Å². The van der Waals surface area contributed by atoms with Crippen LogP contribution in [0.25, 0.3) is 0 Å². The van der Waals surface area contributed by atoms with Crippen molar-refractivity contribution in [2.75, 3.05) is 6.54 Å². The average molecular weight is 372 g/mol. The highest BCUT2D eigenvalue weighted by Crippen LogP contribution is 2.18. The van der Waals surface area contributed by atoms with Crippen LogP contribution in [0.1, 0.15) is 33.1 Å². The fourth-order valence-corrected chi connectivity index (χ4v) is 2.60. The van der Waals surface area contributed by atoms with Gasteiger partial charge in [-0.25, -0.2) is 4.79 Å². The summed E-state index contributed by atoms with van der Waals surface area (Å²) in [7, 11) is 0. The van der Waals surface area contributed by atoms with Gasteiger partial charge < -0.3 is 31.5 Å². The van der Waals surface area contributed by atoms with Crippen molar-refractivity contribution in [3.8, 4) is 0 Å². The van der Waals surface area contributed by atoms with E-state index in [1.807, 2.05) is 0 Å². The van der Waals surface area contributed by atoms with Gasteiger partial charge in [0, 0.05) is 6.54 Å². The first-order valence-electron chi connectivity index (χ1n) is 8.16. The molecule has 0 aromatic carbocycles. The van der Waals surface area contributed by atoms with Gasteiger partial charge in [0.05, 0.1) is 12.5 Å². The second kappa shape index (κ2) is 9.13. The SMILES string of the molecule is CC(N)C(=O)NC(CC(=O)O)C(=O)NC(C)C(=O)N1CCCC1C(=O)O. The molecule has 1 rings (SSSR count). The number of likely N-dealkylation sites (tertiary alicyclic amines) is 1. The van der Waals surface area contributed by atoms with Crippen LogP contribution < -0.4 is 16.4 Å². The summed E-state index contributed by atoms with van der Waals surface area (Å²) >= 11 is 0. The van der Waals surface area contributed by atoms with Crippen LogP contribution in [0.5, 0.6) is 0 Å². The molecule has 11 nitrogen and oxygen atoms in total. The molecule has 1 fully saturated rings. The van der Waals surface area contributed by atoms with Crippen LogP contribution in [-0.4, -0.2) is 75.5 Å². The molecule has 0 saturated carbocycles. The molecule has 146 valence electrons. The molecule has 1 heterocycles. The lowest BCUT2D eigenvalue weighted by molar-refractivity contribution is -0.149. The smallest absolute Gasteiger partial charge is 0.326 e. The Bertz CT molecular complexity index is 593. The van der Waals surface area contributed by atoms with Crippen molar-refractivity contribution >= 4 is 29.7 Å². The van der Waals surface area contributed by atoms with Crippen molar-refractivity contribution in [2.45, 2.75) is 57.3 Å². The summed E-state index contributed by atoms with van der Waals surface area (Å²) in [6, 6.07) is -4.38. The van der Waals surface area contributed by atoms with Crippen molar-refractivity contribution < 1.29 is 34.2 Å². The van der Waals surface area contributed by atoms with Gasteiger partial charge in [-0.15, -0.1) is 0 Å². The van der Waals surface area contributed by atoms with Gasteiger partial charge in [-0.3, -0.25) is 19.2 Å². The van der Waals surface area contributed by atoms with Crippen LogP contribution in [-0.2, 0) is 24.0 Å². The van der Waals surface area contributed by atoms with Crippen molar-refractivity contribution in [1.29, 1.82) is 0 Å². The van der Waals surface area contributed by atoms with Crippen LogP contribution in [0.2, 0.25) is 0 Å². The number of carbonyl (C=O) groups excluding carboxylic acids is 3. The molecule has 3 amide bonds.